The summed E-state index contributed by atoms with van der Waals surface area (Å²) in [4.78, 5) is 0. The average Bonchev–Trinajstić information content (AvgIpc) is 2.69. The fourth-order valence-electron chi connectivity index (χ4n) is 1.59. The van der Waals surface area contributed by atoms with Gasteiger partial charge in [0.25, 0.3) is 0 Å². The third-order valence-electron chi connectivity index (χ3n) is 2.33. The molecule has 1 unspecified atom stereocenters. The van der Waals surface area contributed by atoms with Gasteiger partial charge in [0.15, 0.2) is 0 Å². The molecule has 1 N–H and O–H groups in total. The smallest absolute Gasteiger partial charge is 0.0340 e. The number of benzene rings is 1. The van der Waals surface area contributed by atoms with Gasteiger partial charge in [-0.25, -0.2) is 0 Å². The van der Waals surface area contributed by atoms with E-state index in [1.807, 2.05) is 0 Å². The standard InChI is InChI=1S/C11H15NS/c1-2-5-10(6-3-1)12-9-11-7-4-8-13-11/h1-3,5-6,11-12H,4,7-9H2. The lowest BCUT2D eigenvalue weighted by molar-refractivity contribution is 0.805. The summed E-state index contributed by atoms with van der Waals surface area (Å²) in [5.74, 6) is 1.35. The van der Waals surface area contributed by atoms with E-state index in [0.29, 0.717) is 0 Å². The molecule has 1 aliphatic heterocycles. The van der Waals surface area contributed by atoms with Crippen molar-refractivity contribution in [1.29, 1.82) is 0 Å². The first-order valence-electron chi connectivity index (χ1n) is 4.86. The minimum absolute atomic E-state index is 0.834. The van der Waals surface area contributed by atoms with Crippen LogP contribution < -0.4 is 5.32 Å². The van der Waals surface area contributed by atoms with Gasteiger partial charge in [-0.05, 0) is 30.7 Å². The highest BCUT2D eigenvalue weighted by Gasteiger charge is 2.14. The lowest BCUT2D eigenvalue weighted by atomic mass is 10.2. The van der Waals surface area contributed by atoms with Gasteiger partial charge in [-0.2, -0.15) is 11.8 Å². The van der Waals surface area contributed by atoms with Crippen molar-refractivity contribution >= 4 is 17.4 Å². The molecule has 2 heteroatoms. The zero-order chi connectivity index (χ0) is 8.93. The number of rotatable bonds is 3. The van der Waals surface area contributed by atoms with Gasteiger partial charge in [-0.15, -0.1) is 0 Å². The fraction of sp³-hybridized carbons (Fsp3) is 0.455. The molecule has 1 fully saturated rings. The molecule has 0 saturated carbocycles. The number of hydrogen-bond acceptors (Lipinski definition) is 2. The SMILES string of the molecule is c1ccc(NCC2CCCS2)cc1. The molecule has 2 rings (SSSR count). The maximum atomic E-state index is 3.47. The van der Waals surface area contributed by atoms with Crippen LogP contribution in [0.15, 0.2) is 30.3 Å². The van der Waals surface area contributed by atoms with Crippen molar-refractivity contribution in [3.05, 3.63) is 30.3 Å². The van der Waals surface area contributed by atoms with Crippen LogP contribution in [0.1, 0.15) is 12.8 Å². The van der Waals surface area contributed by atoms with Crippen molar-refractivity contribution in [2.45, 2.75) is 18.1 Å². The third-order valence-corrected chi connectivity index (χ3v) is 3.73. The predicted octanol–water partition coefficient (Wildman–Crippen LogP) is 2.99. The summed E-state index contributed by atoms with van der Waals surface area (Å²) in [6.45, 7) is 1.12. The van der Waals surface area contributed by atoms with Gasteiger partial charge in [0.05, 0.1) is 0 Å². The zero-order valence-electron chi connectivity index (χ0n) is 7.70. The third kappa shape index (κ3) is 2.66. The van der Waals surface area contributed by atoms with Crippen LogP contribution in [0.5, 0.6) is 0 Å². The number of nitrogens with one attached hydrogen (secondary N) is 1. The molecule has 0 aromatic heterocycles. The number of hydrogen-bond donors (Lipinski definition) is 1. The highest BCUT2D eigenvalue weighted by Crippen LogP contribution is 2.26. The topological polar surface area (TPSA) is 12.0 Å². The minimum Gasteiger partial charge on any atom is -0.384 e. The Morgan fingerprint density at radius 1 is 1.31 bits per heavy atom. The Labute approximate surface area is 83.9 Å². The van der Waals surface area contributed by atoms with Crippen molar-refractivity contribution < 1.29 is 0 Å². The van der Waals surface area contributed by atoms with Crippen molar-refractivity contribution in [3.63, 3.8) is 0 Å². The van der Waals surface area contributed by atoms with Gasteiger partial charge in [0, 0.05) is 17.5 Å². The lowest BCUT2D eigenvalue weighted by Crippen LogP contribution is -2.13. The van der Waals surface area contributed by atoms with Gasteiger partial charge < -0.3 is 5.32 Å². The number of para-hydroxylation sites is 1. The molecule has 0 radical (unpaired) electrons. The van der Waals surface area contributed by atoms with Gasteiger partial charge in [-0.1, -0.05) is 18.2 Å². The number of anilines is 1. The quantitative estimate of drug-likeness (QED) is 0.792. The lowest BCUT2D eigenvalue weighted by Gasteiger charge is -2.10. The van der Waals surface area contributed by atoms with Crippen LogP contribution in [0, 0.1) is 0 Å². The average molecular weight is 193 g/mol. The Morgan fingerprint density at radius 3 is 2.85 bits per heavy atom. The predicted molar refractivity (Wildman–Crippen MR) is 60.4 cm³/mol. The Bertz CT molecular complexity index is 242. The Balaban J connectivity index is 1.79. The maximum Gasteiger partial charge on any atom is 0.0340 e. The van der Waals surface area contributed by atoms with E-state index >= 15 is 0 Å². The molecule has 13 heavy (non-hydrogen) atoms. The van der Waals surface area contributed by atoms with E-state index in [-0.39, 0.29) is 0 Å². The highest BCUT2D eigenvalue weighted by molar-refractivity contribution is 8.00. The van der Waals surface area contributed by atoms with E-state index < -0.39 is 0 Å². The maximum absolute atomic E-state index is 3.47. The van der Waals surface area contributed by atoms with Gasteiger partial charge in [-0.3, -0.25) is 0 Å². The van der Waals surface area contributed by atoms with Crippen molar-refractivity contribution in [2.75, 3.05) is 17.6 Å². The van der Waals surface area contributed by atoms with Crippen molar-refractivity contribution in [3.8, 4) is 0 Å². The second-order valence-electron chi connectivity index (χ2n) is 3.38. The molecule has 70 valence electrons. The molecule has 0 aliphatic carbocycles. The molecule has 1 aromatic carbocycles. The Morgan fingerprint density at radius 2 is 2.15 bits per heavy atom. The van der Waals surface area contributed by atoms with Crippen molar-refractivity contribution in [2.24, 2.45) is 0 Å². The first-order valence-corrected chi connectivity index (χ1v) is 5.90. The van der Waals surface area contributed by atoms with Crippen LogP contribution in [0.2, 0.25) is 0 Å². The Hall–Kier alpha value is -0.630. The molecular formula is C11H15NS. The van der Waals surface area contributed by atoms with Crippen LogP contribution in [-0.4, -0.2) is 17.5 Å². The number of thioether (sulfide) groups is 1. The second-order valence-corrected chi connectivity index (χ2v) is 4.79. The molecule has 0 amide bonds. The molecule has 1 aliphatic rings. The molecular weight excluding hydrogens is 178 g/mol. The van der Waals surface area contributed by atoms with E-state index in [2.05, 4.69) is 47.4 Å². The van der Waals surface area contributed by atoms with Gasteiger partial charge >= 0.3 is 0 Å². The van der Waals surface area contributed by atoms with Crippen LogP contribution >= 0.6 is 11.8 Å². The van der Waals surface area contributed by atoms with E-state index in [9.17, 15) is 0 Å². The molecule has 1 nitrogen and oxygen atoms in total. The largest absolute Gasteiger partial charge is 0.384 e. The van der Waals surface area contributed by atoms with E-state index in [1.165, 1.54) is 24.3 Å². The van der Waals surface area contributed by atoms with E-state index in [0.717, 1.165) is 11.8 Å². The molecule has 1 heterocycles. The van der Waals surface area contributed by atoms with Crippen molar-refractivity contribution in [1.82, 2.24) is 0 Å². The summed E-state index contributed by atoms with van der Waals surface area (Å²) < 4.78 is 0. The summed E-state index contributed by atoms with van der Waals surface area (Å²) in [7, 11) is 0. The highest BCUT2D eigenvalue weighted by atomic mass is 32.2. The molecule has 0 bridgehead atoms. The summed E-state index contributed by atoms with van der Waals surface area (Å²) in [6.07, 6.45) is 2.77. The molecule has 1 atom stereocenters. The van der Waals surface area contributed by atoms with Gasteiger partial charge in [0.2, 0.25) is 0 Å². The fourth-order valence-corrected chi connectivity index (χ4v) is 2.79. The first-order chi connectivity index (χ1) is 6.45. The molecule has 0 spiro atoms. The second kappa shape index (κ2) is 4.56. The van der Waals surface area contributed by atoms with Crippen LogP contribution in [0.3, 0.4) is 0 Å². The zero-order valence-corrected chi connectivity index (χ0v) is 8.52. The van der Waals surface area contributed by atoms with Crippen LogP contribution in [-0.2, 0) is 0 Å². The first kappa shape index (κ1) is 8.95. The van der Waals surface area contributed by atoms with Crippen LogP contribution in [0.25, 0.3) is 0 Å². The van der Waals surface area contributed by atoms with Gasteiger partial charge in [0.1, 0.15) is 0 Å². The molecule has 1 aromatic rings. The summed E-state index contributed by atoms with van der Waals surface area (Å²) in [5, 5.41) is 4.30. The summed E-state index contributed by atoms with van der Waals surface area (Å²) >= 11 is 2.10. The van der Waals surface area contributed by atoms with E-state index in [4.69, 9.17) is 0 Å². The monoisotopic (exact) mass is 193 g/mol. The van der Waals surface area contributed by atoms with E-state index in [1.54, 1.807) is 0 Å². The summed E-state index contributed by atoms with van der Waals surface area (Å²) in [5.41, 5.74) is 1.25. The minimum atomic E-state index is 0.834. The molecule has 1 saturated heterocycles. The van der Waals surface area contributed by atoms with Crippen LogP contribution in [0.4, 0.5) is 5.69 Å². The Kier molecular flexibility index (Phi) is 3.14. The summed E-state index contributed by atoms with van der Waals surface area (Å²) in [6, 6.07) is 10.4. The normalized spacial score (nSPS) is 21.7.